The zero-order valence-electron chi connectivity index (χ0n) is 32.6. The molecule has 0 aromatic heterocycles. The Kier molecular flexibility index (Phi) is 8.49. The molecule has 0 aliphatic heterocycles. The van der Waals surface area contributed by atoms with E-state index in [0.717, 1.165) is 0 Å². The van der Waals surface area contributed by atoms with Gasteiger partial charge in [0.15, 0.2) is 0 Å². The van der Waals surface area contributed by atoms with E-state index in [4.69, 9.17) is 0 Å². The van der Waals surface area contributed by atoms with E-state index in [1.54, 1.807) is 0 Å². The molecule has 0 nitrogen and oxygen atoms in total. The van der Waals surface area contributed by atoms with Gasteiger partial charge in [-0.3, -0.25) is 0 Å². The SMILES string of the molecule is c1ccc(-c2cc(-c3ccccc3)cc(-c3cccc(-c4cccc(-c5ccc6c(c5)C(c5ccccc5)(c5ccccc5)c5ccc7ccccc7c5-6)c4)c3)c2)cc1. The summed E-state index contributed by atoms with van der Waals surface area (Å²) in [6.45, 7) is 0. The molecule has 0 saturated carbocycles. The average Bonchev–Trinajstić information content (AvgIpc) is 3.63. The van der Waals surface area contributed by atoms with E-state index in [0.29, 0.717) is 0 Å². The third-order valence-electron chi connectivity index (χ3n) is 12.3. The third kappa shape index (κ3) is 5.92. The summed E-state index contributed by atoms with van der Waals surface area (Å²) in [4.78, 5) is 0. The van der Waals surface area contributed by atoms with Crippen molar-refractivity contribution in [1.82, 2.24) is 0 Å². The van der Waals surface area contributed by atoms with E-state index in [1.165, 1.54) is 99.8 Å². The summed E-state index contributed by atoms with van der Waals surface area (Å²) in [6.07, 6.45) is 0. The number of fused-ring (bicyclic) bond motifs is 5. The van der Waals surface area contributed by atoms with Crippen LogP contribution in [0.4, 0.5) is 0 Å². The highest BCUT2D eigenvalue weighted by molar-refractivity contribution is 6.04. The first-order chi connectivity index (χ1) is 29.2. The van der Waals surface area contributed by atoms with Gasteiger partial charge in [0.2, 0.25) is 0 Å². The van der Waals surface area contributed by atoms with Crippen LogP contribution < -0.4 is 0 Å². The van der Waals surface area contributed by atoms with E-state index in [1.807, 2.05) is 0 Å². The van der Waals surface area contributed by atoms with Gasteiger partial charge in [-0.25, -0.2) is 0 Å². The summed E-state index contributed by atoms with van der Waals surface area (Å²) in [5.74, 6) is 0. The van der Waals surface area contributed by atoms with Crippen molar-refractivity contribution in [3.05, 3.63) is 265 Å². The Labute approximate surface area is 346 Å². The fourth-order valence-corrected chi connectivity index (χ4v) is 9.58. The molecule has 0 heterocycles. The fourth-order valence-electron chi connectivity index (χ4n) is 9.58. The quantitative estimate of drug-likeness (QED) is 0.152. The summed E-state index contributed by atoms with van der Waals surface area (Å²) in [7, 11) is 0. The molecule has 0 amide bonds. The van der Waals surface area contributed by atoms with Crippen LogP contribution in [0.25, 0.3) is 77.5 Å². The molecule has 1 aliphatic rings. The summed E-state index contributed by atoms with van der Waals surface area (Å²) >= 11 is 0. The molecule has 10 aromatic carbocycles. The number of rotatable bonds is 7. The lowest BCUT2D eigenvalue weighted by atomic mass is 9.67. The zero-order chi connectivity index (χ0) is 39.2. The Hall–Kier alpha value is -7.54. The molecule has 0 unspecified atom stereocenters. The van der Waals surface area contributed by atoms with Gasteiger partial charge < -0.3 is 0 Å². The van der Waals surface area contributed by atoms with Gasteiger partial charge in [0.1, 0.15) is 0 Å². The lowest BCUT2D eigenvalue weighted by Crippen LogP contribution is -2.28. The van der Waals surface area contributed by atoms with Crippen molar-refractivity contribution in [1.29, 1.82) is 0 Å². The first-order valence-electron chi connectivity index (χ1n) is 20.5. The van der Waals surface area contributed by atoms with Crippen LogP contribution in [0.2, 0.25) is 0 Å². The van der Waals surface area contributed by atoms with Gasteiger partial charge in [0.05, 0.1) is 5.41 Å². The zero-order valence-corrected chi connectivity index (χ0v) is 32.6. The molecule has 1 aliphatic carbocycles. The number of hydrogen-bond donors (Lipinski definition) is 0. The number of benzene rings is 10. The molecule has 0 N–H and O–H groups in total. The Morgan fingerprint density at radius 3 is 1.19 bits per heavy atom. The summed E-state index contributed by atoms with van der Waals surface area (Å²) in [6, 6.07) is 89.3. The maximum absolute atomic E-state index is 2.47. The van der Waals surface area contributed by atoms with E-state index in [9.17, 15) is 0 Å². The predicted molar refractivity (Wildman–Crippen MR) is 248 cm³/mol. The molecule has 276 valence electrons. The van der Waals surface area contributed by atoms with Crippen LogP contribution in [0.15, 0.2) is 243 Å². The molecule has 0 fully saturated rings. The normalized spacial score (nSPS) is 12.5. The molecule has 0 radical (unpaired) electrons. The maximum Gasteiger partial charge on any atom is 0.0714 e. The van der Waals surface area contributed by atoms with Gasteiger partial charge in [0.25, 0.3) is 0 Å². The molecule has 10 aromatic rings. The standard InChI is InChI=1S/C59H40/c1-5-17-41(18-6-1)49-37-50(42-19-7-2-8-20-42)39-51(38-49)47-25-16-23-45(36-47)44-22-15-24-46(35-44)48-31-33-55-57(40-48)59(52-26-9-3-10-27-52,53-28-11-4-12-29-53)56-34-32-43-21-13-14-30-54(43)58(55)56/h1-40H. The minimum absolute atomic E-state index is 0.480. The van der Waals surface area contributed by atoms with Crippen LogP contribution in [0.3, 0.4) is 0 Å². The Balaban J connectivity index is 1.05. The van der Waals surface area contributed by atoms with Crippen molar-refractivity contribution >= 4 is 10.8 Å². The first-order valence-corrected chi connectivity index (χ1v) is 20.5. The van der Waals surface area contributed by atoms with E-state index in [2.05, 4.69) is 243 Å². The molecular weight excluding hydrogens is 709 g/mol. The second-order valence-corrected chi connectivity index (χ2v) is 15.6. The third-order valence-corrected chi connectivity index (χ3v) is 12.3. The molecule has 0 atom stereocenters. The second-order valence-electron chi connectivity index (χ2n) is 15.6. The van der Waals surface area contributed by atoms with Crippen LogP contribution in [0.5, 0.6) is 0 Å². The minimum Gasteiger partial charge on any atom is -0.0622 e. The lowest BCUT2D eigenvalue weighted by Gasteiger charge is -2.34. The van der Waals surface area contributed by atoms with Gasteiger partial charge in [-0.2, -0.15) is 0 Å². The van der Waals surface area contributed by atoms with Crippen molar-refractivity contribution in [3.8, 4) is 66.8 Å². The molecular formula is C59H40. The van der Waals surface area contributed by atoms with Crippen LogP contribution >= 0.6 is 0 Å². The maximum atomic E-state index is 2.47. The van der Waals surface area contributed by atoms with E-state index < -0.39 is 5.41 Å². The second kappa shape index (κ2) is 14.4. The predicted octanol–water partition coefficient (Wildman–Crippen LogP) is 15.5. The highest BCUT2D eigenvalue weighted by atomic mass is 14.5. The summed E-state index contributed by atoms with van der Waals surface area (Å²) < 4.78 is 0. The van der Waals surface area contributed by atoms with Gasteiger partial charge in [-0.15, -0.1) is 0 Å². The van der Waals surface area contributed by atoms with Crippen molar-refractivity contribution < 1.29 is 0 Å². The van der Waals surface area contributed by atoms with E-state index >= 15 is 0 Å². The Morgan fingerprint density at radius 2 is 0.644 bits per heavy atom. The Bertz CT molecular complexity index is 3030. The lowest BCUT2D eigenvalue weighted by molar-refractivity contribution is 0.769. The summed E-state index contributed by atoms with van der Waals surface area (Å²) in [5.41, 5.74) is 19.4. The van der Waals surface area contributed by atoms with Crippen molar-refractivity contribution in [2.45, 2.75) is 5.41 Å². The van der Waals surface area contributed by atoms with Crippen LogP contribution in [-0.4, -0.2) is 0 Å². The minimum atomic E-state index is -0.480. The van der Waals surface area contributed by atoms with Gasteiger partial charge in [-0.1, -0.05) is 206 Å². The van der Waals surface area contributed by atoms with Gasteiger partial charge in [-0.05, 0) is 136 Å². The van der Waals surface area contributed by atoms with Crippen LogP contribution in [0.1, 0.15) is 22.3 Å². The smallest absolute Gasteiger partial charge is 0.0622 e. The average molecular weight is 749 g/mol. The molecule has 0 spiro atoms. The molecule has 11 rings (SSSR count). The van der Waals surface area contributed by atoms with Crippen molar-refractivity contribution in [2.75, 3.05) is 0 Å². The highest BCUT2D eigenvalue weighted by Gasteiger charge is 2.46. The fraction of sp³-hybridized carbons (Fsp3) is 0.0169. The van der Waals surface area contributed by atoms with Gasteiger partial charge >= 0.3 is 0 Å². The molecule has 0 bridgehead atoms. The van der Waals surface area contributed by atoms with Crippen molar-refractivity contribution in [3.63, 3.8) is 0 Å². The molecule has 0 heteroatoms. The largest absolute Gasteiger partial charge is 0.0714 e. The highest BCUT2D eigenvalue weighted by Crippen LogP contribution is 2.58. The van der Waals surface area contributed by atoms with Crippen LogP contribution in [-0.2, 0) is 5.41 Å². The Morgan fingerprint density at radius 1 is 0.237 bits per heavy atom. The van der Waals surface area contributed by atoms with Gasteiger partial charge in [0, 0.05) is 0 Å². The molecule has 59 heavy (non-hydrogen) atoms. The number of hydrogen-bond acceptors (Lipinski definition) is 0. The van der Waals surface area contributed by atoms with Crippen LogP contribution in [0, 0.1) is 0 Å². The topological polar surface area (TPSA) is 0 Å². The van der Waals surface area contributed by atoms with Crippen molar-refractivity contribution in [2.24, 2.45) is 0 Å². The van der Waals surface area contributed by atoms with E-state index in [-0.39, 0.29) is 0 Å². The summed E-state index contributed by atoms with van der Waals surface area (Å²) in [5, 5.41) is 2.55. The monoisotopic (exact) mass is 748 g/mol. The first kappa shape index (κ1) is 34.7. The molecule has 0 saturated heterocycles.